The fourth-order valence-electron chi connectivity index (χ4n) is 2.82. The summed E-state index contributed by atoms with van der Waals surface area (Å²) in [5.74, 6) is 0. The fourth-order valence-corrected chi connectivity index (χ4v) is 2.82. The van der Waals surface area contributed by atoms with Gasteiger partial charge in [0.15, 0.2) is 0 Å². The monoisotopic (exact) mass is 242 g/mol. The summed E-state index contributed by atoms with van der Waals surface area (Å²) in [6, 6.07) is 1.14. The molecule has 0 heterocycles. The molecule has 0 spiro atoms. The van der Waals surface area contributed by atoms with Gasteiger partial charge in [0.1, 0.15) is 0 Å². The number of rotatable bonds is 4. The van der Waals surface area contributed by atoms with Crippen molar-refractivity contribution in [1.29, 1.82) is 0 Å². The molecular formula is C14H30N2O. The smallest absolute Gasteiger partial charge is 0.0613 e. The summed E-state index contributed by atoms with van der Waals surface area (Å²) in [5.41, 5.74) is 0.259. The van der Waals surface area contributed by atoms with Crippen molar-refractivity contribution >= 4 is 0 Å². The minimum absolute atomic E-state index is 0.0451. The third kappa shape index (κ3) is 3.21. The third-order valence-electron chi connectivity index (χ3n) is 4.86. The van der Waals surface area contributed by atoms with E-state index in [9.17, 15) is 5.11 Å². The summed E-state index contributed by atoms with van der Waals surface area (Å²) < 4.78 is 0. The van der Waals surface area contributed by atoms with Crippen LogP contribution in [0.3, 0.4) is 0 Å². The minimum atomic E-state index is -0.0451. The molecule has 102 valence electrons. The molecule has 1 aliphatic carbocycles. The molecule has 0 amide bonds. The lowest BCUT2D eigenvalue weighted by Gasteiger charge is -2.39. The predicted molar refractivity (Wildman–Crippen MR) is 73.2 cm³/mol. The molecule has 1 saturated carbocycles. The van der Waals surface area contributed by atoms with Crippen LogP contribution < -0.4 is 5.32 Å². The van der Waals surface area contributed by atoms with Gasteiger partial charge in [0.2, 0.25) is 0 Å². The molecule has 3 nitrogen and oxygen atoms in total. The number of aliphatic hydroxyl groups excluding tert-OH is 1. The van der Waals surface area contributed by atoms with E-state index in [1.54, 1.807) is 0 Å². The van der Waals surface area contributed by atoms with Gasteiger partial charge in [-0.2, -0.15) is 0 Å². The van der Waals surface area contributed by atoms with E-state index in [1.165, 1.54) is 6.42 Å². The first kappa shape index (κ1) is 14.9. The van der Waals surface area contributed by atoms with Crippen LogP contribution in [0.1, 0.15) is 47.0 Å². The van der Waals surface area contributed by atoms with Crippen LogP contribution >= 0.6 is 0 Å². The molecule has 0 aromatic rings. The predicted octanol–water partition coefficient (Wildman–Crippen LogP) is 1.86. The zero-order chi connectivity index (χ0) is 13.3. The van der Waals surface area contributed by atoms with E-state index in [4.69, 9.17) is 0 Å². The Kier molecular flexibility index (Phi) is 4.61. The highest BCUT2D eigenvalue weighted by atomic mass is 16.3. The molecule has 3 unspecified atom stereocenters. The van der Waals surface area contributed by atoms with Crippen LogP contribution in [0, 0.1) is 5.41 Å². The highest BCUT2D eigenvalue weighted by Gasteiger charge is 2.41. The minimum Gasteiger partial charge on any atom is -0.394 e. The quantitative estimate of drug-likeness (QED) is 0.790. The van der Waals surface area contributed by atoms with Gasteiger partial charge in [-0.25, -0.2) is 0 Å². The number of likely N-dealkylation sites (N-methyl/N-ethyl adjacent to an activating group) is 1. The van der Waals surface area contributed by atoms with Crippen molar-refractivity contribution in [3.63, 3.8) is 0 Å². The van der Waals surface area contributed by atoms with Crippen LogP contribution in [0.4, 0.5) is 0 Å². The number of nitrogens with one attached hydrogen (secondary N) is 1. The Labute approximate surface area is 107 Å². The second-order valence-electron chi connectivity index (χ2n) is 6.79. The van der Waals surface area contributed by atoms with Gasteiger partial charge in [-0.15, -0.1) is 0 Å². The first-order valence-corrected chi connectivity index (χ1v) is 6.77. The Morgan fingerprint density at radius 1 is 1.47 bits per heavy atom. The van der Waals surface area contributed by atoms with E-state index in [-0.39, 0.29) is 12.1 Å². The van der Waals surface area contributed by atoms with Crippen LogP contribution in [0.25, 0.3) is 0 Å². The van der Waals surface area contributed by atoms with Crippen molar-refractivity contribution in [2.24, 2.45) is 5.41 Å². The summed E-state index contributed by atoms with van der Waals surface area (Å²) in [6.07, 6.45) is 3.31. The molecule has 1 rings (SSSR count). The highest BCUT2D eigenvalue weighted by molar-refractivity contribution is 4.99. The maximum Gasteiger partial charge on any atom is 0.0613 e. The van der Waals surface area contributed by atoms with Gasteiger partial charge in [0, 0.05) is 17.6 Å². The highest BCUT2D eigenvalue weighted by Crippen LogP contribution is 2.35. The number of nitrogens with zero attached hydrogens (tertiary/aromatic N) is 1. The van der Waals surface area contributed by atoms with Crippen molar-refractivity contribution in [2.75, 3.05) is 20.7 Å². The summed E-state index contributed by atoms with van der Waals surface area (Å²) in [7, 11) is 4.19. The SMILES string of the molecule is CNC1(CO)CCC(N(C)C(C)C(C)(C)C)C1. The Balaban J connectivity index is 2.65. The van der Waals surface area contributed by atoms with Crippen LogP contribution in [0.2, 0.25) is 0 Å². The topological polar surface area (TPSA) is 35.5 Å². The second-order valence-corrected chi connectivity index (χ2v) is 6.79. The molecule has 0 aliphatic heterocycles. The van der Waals surface area contributed by atoms with Crippen molar-refractivity contribution in [2.45, 2.75) is 64.6 Å². The second kappa shape index (κ2) is 5.25. The Morgan fingerprint density at radius 3 is 2.41 bits per heavy atom. The van der Waals surface area contributed by atoms with Gasteiger partial charge in [0.05, 0.1) is 6.61 Å². The van der Waals surface area contributed by atoms with Crippen LogP contribution in [-0.2, 0) is 0 Å². The van der Waals surface area contributed by atoms with E-state index in [1.807, 2.05) is 7.05 Å². The lowest BCUT2D eigenvalue weighted by Crippen LogP contribution is -2.48. The molecule has 3 atom stereocenters. The van der Waals surface area contributed by atoms with Gasteiger partial charge < -0.3 is 15.3 Å². The van der Waals surface area contributed by atoms with Gasteiger partial charge in [-0.05, 0) is 45.7 Å². The maximum absolute atomic E-state index is 9.53. The number of hydrogen-bond donors (Lipinski definition) is 2. The third-order valence-corrected chi connectivity index (χ3v) is 4.86. The molecule has 0 aromatic carbocycles. The molecular weight excluding hydrogens is 212 g/mol. The molecule has 0 saturated heterocycles. The molecule has 0 aromatic heterocycles. The zero-order valence-electron chi connectivity index (χ0n) is 12.4. The van der Waals surface area contributed by atoms with Crippen LogP contribution in [0.15, 0.2) is 0 Å². The first-order chi connectivity index (χ1) is 7.75. The lowest BCUT2D eigenvalue weighted by molar-refractivity contribution is 0.0894. The van der Waals surface area contributed by atoms with Gasteiger partial charge in [-0.3, -0.25) is 0 Å². The van der Waals surface area contributed by atoms with Crippen molar-refractivity contribution < 1.29 is 5.11 Å². The van der Waals surface area contributed by atoms with Gasteiger partial charge >= 0.3 is 0 Å². The molecule has 1 fully saturated rings. The standard InChI is InChI=1S/C14H30N2O/c1-11(13(2,3)4)16(6)12-7-8-14(9-12,10-17)15-5/h11-12,15,17H,7-10H2,1-6H3. The Bertz CT molecular complexity index is 243. The van der Waals surface area contributed by atoms with Gasteiger partial charge in [-0.1, -0.05) is 20.8 Å². The largest absolute Gasteiger partial charge is 0.394 e. The average Bonchev–Trinajstić information content (AvgIpc) is 2.71. The molecule has 0 bridgehead atoms. The van der Waals surface area contributed by atoms with Crippen LogP contribution in [-0.4, -0.2) is 48.3 Å². The summed E-state index contributed by atoms with van der Waals surface area (Å²) in [5, 5.41) is 12.8. The van der Waals surface area contributed by atoms with E-state index in [0.717, 1.165) is 12.8 Å². The normalized spacial score (nSPS) is 32.1. The summed E-state index contributed by atoms with van der Waals surface area (Å²) in [6.45, 7) is 9.43. The lowest BCUT2D eigenvalue weighted by atomic mass is 9.86. The Hall–Kier alpha value is -0.120. The molecule has 17 heavy (non-hydrogen) atoms. The zero-order valence-corrected chi connectivity index (χ0v) is 12.4. The summed E-state index contributed by atoms with van der Waals surface area (Å²) >= 11 is 0. The molecule has 3 heteroatoms. The van der Waals surface area contributed by atoms with Crippen molar-refractivity contribution in [3.8, 4) is 0 Å². The van der Waals surface area contributed by atoms with E-state index >= 15 is 0 Å². The first-order valence-electron chi connectivity index (χ1n) is 6.77. The van der Waals surface area contributed by atoms with E-state index in [2.05, 4.69) is 45.0 Å². The maximum atomic E-state index is 9.53. The molecule has 1 aliphatic rings. The molecule has 2 N–H and O–H groups in total. The van der Waals surface area contributed by atoms with Crippen molar-refractivity contribution in [3.05, 3.63) is 0 Å². The molecule has 0 radical (unpaired) electrons. The summed E-state index contributed by atoms with van der Waals surface area (Å²) in [4.78, 5) is 2.49. The van der Waals surface area contributed by atoms with E-state index < -0.39 is 0 Å². The number of aliphatic hydroxyl groups is 1. The van der Waals surface area contributed by atoms with Gasteiger partial charge in [0.25, 0.3) is 0 Å². The fraction of sp³-hybridized carbons (Fsp3) is 1.00. The van der Waals surface area contributed by atoms with Crippen LogP contribution in [0.5, 0.6) is 0 Å². The Morgan fingerprint density at radius 2 is 2.06 bits per heavy atom. The average molecular weight is 242 g/mol. The number of hydrogen-bond acceptors (Lipinski definition) is 3. The van der Waals surface area contributed by atoms with Crippen molar-refractivity contribution in [1.82, 2.24) is 10.2 Å². The van der Waals surface area contributed by atoms with E-state index in [0.29, 0.717) is 17.5 Å².